The Bertz CT molecular complexity index is 253. The molecule has 16 heavy (non-hydrogen) atoms. The topological polar surface area (TPSA) is 59.4 Å². The standard InChI is InChI=1S/C11H20N4O/c1-13-5-3-11(16)15-9-7-14(8-10-15)6-2-4-12/h13H,2-3,5-10H2,1H3. The Balaban J connectivity index is 2.21. The van der Waals surface area contributed by atoms with Crippen molar-refractivity contribution in [2.45, 2.75) is 12.8 Å². The minimum absolute atomic E-state index is 0.231. The minimum atomic E-state index is 0.231. The average Bonchev–Trinajstić information content (AvgIpc) is 2.34. The van der Waals surface area contributed by atoms with E-state index in [2.05, 4.69) is 16.3 Å². The smallest absolute Gasteiger partial charge is 0.223 e. The number of carbonyl (C=O) groups is 1. The van der Waals surface area contributed by atoms with Crippen LogP contribution in [0.1, 0.15) is 12.8 Å². The van der Waals surface area contributed by atoms with Crippen LogP contribution in [0.5, 0.6) is 0 Å². The van der Waals surface area contributed by atoms with Gasteiger partial charge in [0.25, 0.3) is 0 Å². The quantitative estimate of drug-likeness (QED) is 0.693. The third-order valence-corrected chi connectivity index (χ3v) is 2.85. The summed E-state index contributed by atoms with van der Waals surface area (Å²) in [7, 11) is 1.85. The van der Waals surface area contributed by atoms with Gasteiger partial charge in [-0.15, -0.1) is 0 Å². The van der Waals surface area contributed by atoms with Gasteiger partial charge < -0.3 is 10.2 Å². The molecule has 1 N–H and O–H groups in total. The summed E-state index contributed by atoms with van der Waals surface area (Å²) >= 11 is 0. The highest BCUT2D eigenvalue weighted by Crippen LogP contribution is 2.03. The number of hydrogen-bond donors (Lipinski definition) is 1. The Morgan fingerprint density at radius 2 is 2.06 bits per heavy atom. The van der Waals surface area contributed by atoms with Gasteiger partial charge in [-0.3, -0.25) is 9.69 Å². The van der Waals surface area contributed by atoms with Crippen molar-refractivity contribution in [3.63, 3.8) is 0 Å². The van der Waals surface area contributed by atoms with E-state index in [0.29, 0.717) is 12.8 Å². The average molecular weight is 224 g/mol. The SMILES string of the molecule is CNCCC(=O)N1CCN(CCC#N)CC1. The first kappa shape index (κ1) is 12.9. The van der Waals surface area contributed by atoms with Crippen LogP contribution in [0.4, 0.5) is 0 Å². The van der Waals surface area contributed by atoms with Crippen LogP contribution in [0.3, 0.4) is 0 Å². The zero-order valence-electron chi connectivity index (χ0n) is 9.91. The number of hydrogen-bond acceptors (Lipinski definition) is 4. The van der Waals surface area contributed by atoms with Crippen LogP contribution in [-0.4, -0.2) is 62.0 Å². The predicted octanol–water partition coefficient (Wildman–Crippen LogP) is -0.346. The Morgan fingerprint density at radius 1 is 1.38 bits per heavy atom. The summed E-state index contributed by atoms with van der Waals surface area (Å²) < 4.78 is 0. The molecule has 5 nitrogen and oxygen atoms in total. The number of nitrogens with zero attached hydrogens (tertiary/aromatic N) is 3. The van der Waals surface area contributed by atoms with E-state index in [1.54, 1.807) is 0 Å². The fraction of sp³-hybridized carbons (Fsp3) is 0.818. The molecule has 0 bridgehead atoms. The van der Waals surface area contributed by atoms with Crippen molar-refractivity contribution in [2.75, 3.05) is 46.3 Å². The van der Waals surface area contributed by atoms with Gasteiger partial charge >= 0.3 is 0 Å². The van der Waals surface area contributed by atoms with Crippen molar-refractivity contribution < 1.29 is 4.79 Å². The van der Waals surface area contributed by atoms with Crippen LogP contribution in [0.25, 0.3) is 0 Å². The second kappa shape index (κ2) is 7.20. The van der Waals surface area contributed by atoms with Gasteiger partial charge in [0.2, 0.25) is 5.91 Å². The summed E-state index contributed by atoms with van der Waals surface area (Å²) in [4.78, 5) is 15.9. The lowest BCUT2D eigenvalue weighted by Gasteiger charge is -2.34. The molecule has 0 aromatic carbocycles. The van der Waals surface area contributed by atoms with E-state index in [0.717, 1.165) is 39.3 Å². The third kappa shape index (κ3) is 4.17. The summed E-state index contributed by atoms with van der Waals surface area (Å²) in [5, 5.41) is 11.5. The molecule has 0 radical (unpaired) electrons. The largest absolute Gasteiger partial charge is 0.340 e. The van der Waals surface area contributed by atoms with Gasteiger partial charge in [-0.1, -0.05) is 0 Å². The van der Waals surface area contributed by atoms with Gasteiger partial charge in [-0.2, -0.15) is 5.26 Å². The fourth-order valence-corrected chi connectivity index (χ4v) is 1.82. The summed E-state index contributed by atoms with van der Waals surface area (Å²) in [5.74, 6) is 0.231. The highest BCUT2D eigenvalue weighted by atomic mass is 16.2. The molecule has 0 saturated carbocycles. The zero-order chi connectivity index (χ0) is 11.8. The van der Waals surface area contributed by atoms with Crippen LogP contribution in [0.2, 0.25) is 0 Å². The molecular weight excluding hydrogens is 204 g/mol. The number of amides is 1. The van der Waals surface area contributed by atoms with Gasteiger partial charge in [0.15, 0.2) is 0 Å². The van der Waals surface area contributed by atoms with E-state index in [4.69, 9.17) is 5.26 Å². The molecule has 0 aromatic rings. The molecule has 0 aliphatic carbocycles. The minimum Gasteiger partial charge on any atom is -0.340 e. The van der Waals surface area contributed by atoms with Crippen LogP contribution < -0.4 is 5.32 Å². The van der Waals surface area contributed by atoms with Crippen LogP contribution in [-0.2, 0) is 4.79 Å². The summed E-state index contributed by atoms with van der Waals surface area (Å²) in [6.45, 7) is 4.96. The van der Waals surface area contributed by atoms with Crippen LogP contribution in [0.15, 0.2) is 0 Å². The molecule has 1 saturated heterocycles. The lowest BCUT2D eigenvalue weighted by Crippen LogP contribution is -2.49. The van der Waals surface area contributed by atoms with Crippen molar-refractivity contribution in [2.24, 2.45) is 0 Å². The first-order chi connectivity index (χ1) is 7.77. The molecule has 0 aromatic heterocycles. The van der Waals surface area contributed by atoms with E-state index in [1.807, 2.05) is 11.9 Å². The Hall–Kier alpha value is -1.12. The van der Waals surface area contributed by atoms with Crippen molar-refractivity contribution in [1.82, 2.24) is 15.1 Å². The fourth-order valence-electron chi connectivity index (χ4n) is 1.82. The highest BCUT2D eigenvalue weighted by molar-refractivity contribution is 5.76. The summed E-state index contributed by atoms with van der Waals surface area (Å²) in [6.07, 6.45) is 1.16. The summed E-state index contributed by atoms with van der Waals surface area (Å²) in [5.41, 5.74) is 0. The molecule has 0 unspecified atom stereocenters. The van der Waals surface area contributed by atoms with Crippen LogP contribution in [0, 0.1) is 11.3 Å². The maximum absolute atomic E-state index is 11.7. The van der Waals surface area contributed by atoms with Gasteiger partial charge in [0.1, 0.15) is 0 Å². The molecule has 1 aliphatic heterocycles. The second-order valence-electron chi connectivity index (χ2n) is 3.98. The number of nitriles is 1. The van der Waals surface area contributed by atoms with E-state index in [-0.39, 0.29) is 5.91 Å². The molecule has 1 amide bonds. The van der Waals surface area contributed by atoms with Gasteiger partial charge in [0, 0.05) is 52.1 Å². The van der Waals surface area contributed by atoms with Crippen molar-refractivity contribution in [1.29, 1.82) is 5.26 Å². The molecule has 0 spiro atoms. The number of nitrogens with one attached hydrogen (secondary N) is 1. The number of piperazine rings is 1. The monoisotopic (exact) mass is 224 g/mol. The Morgan fingerprint density at radius 3 is 2.62 bits per heavy atom. The molecule has 1 fully saturated rings. The third-order valence-electron chi connectivity index (χ3n) is 2.85. The molecule has 1 heterocycles. The van der Waals surface area contributed by atoms with Gasteiger partial charge in [-0.05, 0) is 7.05 Å². The van der Waals surface area contributed by atoms with E-state index < -0.39 is 0 Å². The zero-order valence-corrected chi connectivity index (χ0v) is 9.91. The van der Waals surface area contributed by atoms with Gasteiger partial charge in [-0.25, -0.2) is 0 Å². The normalized spacial score (nSPS) is 17.1. The number of carbonyl (C=O) groups excluding carboxylic acids is 1. The Labute approximate surface area is 97.0 Å². The molecular formula is C11H20N4O. The molecule has 1 aliphatic rings. The lowest BCUT2D eigenvalue weighted by atomic mass is 10.2. The summed E-state index contributed by atoms with van der Waals surface area (Å²) in [6, 6.07) is 2.15. The molecule has 1 rings (SSSR count). The first-order valence-electron chi connectivity index (χ1n) is 5.79. The second-order valence-corrected chi connectivity index (χ2v) is 3.98. The van der Waals surface area contributed by atoms with Crippen molar-refractivity contribution in [3.8, 4) is 6.07 Å². The maximum Gasteiger partial charge on any atom is 0.223 e. The van der Waals surface area contributed by atoms with E-state index >= 15 is 0 Å². The van der Waals surface area contributed by atoms with E-state index in [9.17, 15) is 4.79 Å². The van der Waals surface area contributed by atoms with E-state index in [1.165, 1.54) is 0 Å². The number of rotatable bonds is 5. The van der Waals surface area contributed by atoms with Crippen LogP contribution >= 0.6 is 0 Å². The maximum atomic E-state index is 11.7. The van der Waals surface area contributed by atoms with Crippen molar-refractivity contribution in [3.05, 3.63) is 0 Å². The molecule has 90 valence electrons. The van der Waals surface area contributed by atoms with Gasteiger partial charge in [0.05, 0.1) is 6.07 Å². The highest BCUT2D eigenvalue weighted by Gasteiger charge is 2.19. The Kier molecular flexibility index (Phi) is 5.83. The lowest BCUT2D eigenvalue weighted by molar-refractivity contribution is -0.132. The van der Waals surface area contributed by atoms with Crippen molar-refractivity contribution >= 4 is 5.91 Å². The molecule has 5 heteroatoms. The molecule has 0 atom stereocenters. The first-order valence-corrected chi connectivity index (χ1v) is 5.79. The predicted molar refractivity (Wildman–Crippen MR) is 61.8 cm³/mol.